The van der Waals surface area contributed by atoms with E-state index in [9.17, 15) is 0 Å². The zero-order valence-electron chi connectivity index (χ0n) is 20.7. The maximum atomic E-state index is 8.16. The van der Waals surface area contributed by atoms with E-state index in [4.69, 9.17) is 14.0 Å². The summed E-state index contributed by atoms with van der Waals surface area (Å²) in [6.45, 7) is 1.76. The number of rotatable bonds is 7. The average molecular weight is 356 g/mol. The minimum Gasteiger partial charge on any atom is -0.341 e. The molecule has 0 amide bonds. The molecule has 0 radical (unpaired) electrons. The van der Waals surface area contributed by atoms with Crippen LogP contribution in [0.2, 0.25) is 0 Å². The molecule has 0 saturated carbocycles. The van der Waals surface area contributed by atoms with E-state index in [2.05, 4.69) is 19.9 Å². The van der Waals surface area contributed by atoms with Crippen LogP contribution < -0.4 is 5.73 Å². The first-order valence-electron chi connectivity index (χ1n) is 12.2. The first-order valence-corrected chi connectivity index (χ1v) is 9.17. The van der Waals surface area contributed by atoms with Crippen molar-refractivity contribution in [3.8, 4) is 0 Å². The highest BCUT2D eigenvalue weighted by atomic mass is 15.2. The molecule has 5 heteroatoms. The highest BCUT2D eigenvalue weighted by Crippen LogP contribution is 2.33. The number of para-hydroxylation sites is 2. The van der Waals surface area contributed by atoms with Crippen LogP contribution in [-0.2, 0) is 13.0 Å². The fourth-order valence-corrected chi connectivity index (χ4v) is 3.68. The van der Waals surface area contributed by atoms with Crippen molar-refractivity contribution >= 4 is 11.0 Å². The van der Waals surface area contributed by atoms with Gasteiger partial charge < -0.3 is 10.7 Å². The van der Waals surface area contributed by atoms with Crippen LogP contribution in [0.15, 0.2) is 42.5 Å². The Kier molecular flexibility index (Phi) is 3.52. The monoisotopic (exact) mass is 355 g/mol. The number of aromatic amines is 1. The minimum absolute atomic E-state index is 0.0232. The Balaban J connectivity index is 1.71. The third-order valence-electron chi connectivity index (χ3n) is 4.93. The largest absolute Gasteiger partial charge is 0.341 e. The lowest BCUT2D eigenvalue weighted by Crippen LogP contribution is -2.33. The van der Waals surface area contributed by atoms with Gasteiger partial charge in [-0.2, -0.15) is 0 Å². The standard InChI is InChI=1S/C21H27N5/c22-12-3-4-14-26(15-20-24-17-9-1-2-10-18(17)25-20)19-11-5-7-16-8-6-13-23-21(16)19/h1-2,6,8-10,13,19H,3-5,7,11-12,14-15,22H2,(H,24,25)/t19-/m0/s1/i1D,2D,6D,9D,10D,13D. The predicted octanol–water partition coefficient (Wildman–Crippen LogP) is 3.58. The smallest absolute Gasteiger partial charge is 0.121 e. The average Bonchev–Trinajstić information content (AvgIpc) is 3.20. The van der Waals surface area contributed by atoms with E-state index >= 15 is 0 Å². The van der Waals surface area contributed by atoms with Crippen LogP contribution in [0.5, 0.6) is 0 Å². The van der Waals surface area contributed by atoms with Gasteiger partial charge in [0.1, 0.15) is 5.82 Å². The van der Waals surface area contributed by atoms with Crippen molar-refractivity contribution in [1.82, 2.24) is 19.9 Å². The SMILES string of the molecule is [2H]c1cc2c(nc1[2H])[C@@H](N(CCCCN)Cc1nc3c([2H])c([2H])c([2H])c([2H])c3[nH]1)CCC2. The van der Waals surface area contributed by atoms with Crippen LogP contribution in [0.1, 0.15) is 57.0 Å². The lowest BCUT2D eigenvalue weighted by molar-refractivity contribution is 0.159. The molecule has 0 aliphatic heterocycles. The third kappa shape index (κ3) is 3.64. The second-order valence-corrected chi connectivity index (χ2v) is 6.70. The van der Waals surface area contributed by atoms with Gasteiger partial charge in [-0.15, -0.1) is 0 Å². The van der Waals surface area contributed by atoms with E-state index in [0.717, 1.165) is 49.9 Å². The van der Waals surface area contributed by atoms with Crippen LogP contribution >= 0.6 is 0 Å². The number of aromatic nitrogens is 3. The number of nitrogens with two attached hydrogens (primary N) is 1. The molecule has 0 spiro atoms. The van der Waals surface area contributed by atoms with Crippen LogP contribution in [0.3, 0.4) is 0 Å². The van der Waals surface area contributed by atoms with Gasteiger partial charge in [0, 0.05) is 6.17 Å². The van der Waals surface area contributed by atoms with Gasteiger partial charge in [0.15, 0.2) is 0 Å². The number of aryl methyl sites for hydroxylation is 1. The Morgan fingerprint density at radius 3 is 3.12 bits per heavy atom. The molecule has 1 atom stereocenters. The molecule has 2 aromatic heterocycles. The Labute approximate surface area is 163 Å². The molecule has 1 aromatic carbocycles. The lowest BCUT2D eigenvalue weighted by atomic mass is 9.90. The molecule has 4 rings (SSSR count). The first kappa shape index (κ1) is 11.5. The van der Waals surface area contributed by atoms with Gasteiger partial charge in [-0.05, 0) is 68.9 Å². The summed E-state index contributed by atoms with van der Waals surface area (Å²) < 4.78 is 48.0. The van der Waals surface area contributed by atoms with Gasteiger partial charge in [0.2, 0.25) is 0 Å². The molecule has 2 heterocycles. The van der Waals surface area contributed by atoms with Crippen LogP contribution in [0.25, 0.3) is 11.0 Å². The summed E-state index contributed by atoms with van der Waals surface area (Å²) in [5.74, 6) is 0.565. The van der Waals surface area contributed by atoms with Crippen molar-refractivity contribution in [2.75, 3.05) is 13.1 Å². The predicted molar refractivity (Wildman–Crippen MR) is 105 cm³/mol. The van der Waals surface area contributed by atoms with Gasteiger partial charge in [-0.3, -0.25) is 9.88 Å². The zero-order valence-corrected chi connectivity index (χ0v) is 14.7. The molecule has 0 bridgehead atoms. The van der Waals surface area contributed by atoms with Gasteiger partial charge in [0.25, 0.3) is 0 Å². The Bertz CT molecular complexity index is 1100. The second-order valence-electron chi connectivity index (χ2n) is 6.70. The summed E-state index contributed by atoms with van der Waals surface area (Å²) in [5, 5.41) is 0. The van der Waals surface area contributed by atoms with Gasteiger partial charge in [0.05, 0.1) is 37.5 Å². The summed E-state index contributed by atoms with van der Waals surface area (Å²) in [5.41, 5.74) is 8.09. The molecule has 5 nitrogen and oxygen atoms in total. The van der Waals surface area contributed by atoms with Crippen LogP contribution in [0.4, 0.5) is 0 Å². The maximum Gasteiger partial charge on any atom is 0.121 e. The third-order valence-corrected chi connectivity index (χ3v) is 4.93. The van der Waals surface area contributed by atoms with Crippen molar-refractivity contribution in [1.29, 1.82) is 0 Å². The van der Waals surface area contributed by atoms with Crippen molar-refractivity contribution in [3.05, 3.63) is 59.5 Å². The lowest BCUT2D eigenvalue weighted by Gasteiger charge is -2.34. The van der Waals surface area contributed by atoms with Crippen LogP contribution in [-0.4, -0.2) is 32.9 Å². The molecule has 3 N–H and O–H groups in total. The molecule has 136 valence electrons. The molecule has 0 saturated heterocycles. The fourth-order valence-electron chi connectivity index (χ4n) is 3.68. The maximum absolute atomic E-state index is 8.16. The summed E-state index contributed by atoms with van der Waals surface area (Å²) in [6, 6.07) is 1.02. The molecule has 26 heavy (non-hydrogen) atoms. The van der Waals surface area contributed by atoms with E-state index in [1.807, 2.05) is 0 Å². The van der Waals surface area contributed by atoms with Crippen molar-refractivity contribution in [3.63, 3.8) is 0 Å². The summed E-state index contributed by atoms with van der Waals surface area (Å²) in [4.78, 5) is 14.3. The van der Waals surface area contributed by atoms with E-state index in [1.165, 1.54) is 0 Å². The van der Waals surface area contributed by atoms with Crippen molar-refractivity contribution in [2.45, 2.75) is 44.7 Å². The van der Waals surface area contributed by atoms with E-state index in [-0.39, 0.29) is 47.9 Å². The normalized spacial score (nSPS) is 20.2. The van der Waals surface area contributed by atoms with Crippen molar-refractivity contribution < 1.29 is 8.22 Å². The molecule has 1 aliphatic carbocycles. The molecular weight excluding hydrogens is 322 g/mol. The van der Waals surface area contributed by atoms with Gasteiger partial charge in [-0.25, -0.2) is 4.98 Å². The van der Waals surface area contributed by atoms with E-state index in [0.29, 0.717) is 24.4 Å². The highest BCUT2D eigenvalue weighted by molar-refractivity contribution is 5.74. The number of fused-ring (bicyclic) bond motifs is 2. The molecule has 3 aromatic rings. The topological polar surface area (TPSA) is 70.8 Å². The first-order chi connectivity index (χ1) is 15.3. The summed E-state index contributed by atoms with van der Waals surface area (Å²) in [6.07, 6.45) is 4.41. The summed E-state index contributed by atoms with van der Waals surface area (Å²) >= 11 is 0. The number of benzene rings is 1. The molecule has 0 unspecified atom stereocenters. The number of pyridine rings is 1. The Morgan fingerprint density at radius 1 is 1.27 bits per heavy atom. The Morgan fingerprint density at radius 2 is 2.19 bits per heavy atom. The fraction of sp³-hybridized carbons (Fsp3) is 0.429. The number of unbranched alkanes of at least 4 members (excludes halogenated alkanes) is 1. The highest BCUT2D eigenvalue weighted by Gasteiger charge is 2.27. The Hall–Kier alpha value is -2.24. The molecule has 1 aliphatic rings. The quantitative estimate of drug-likeness (QED) is 0.636. The van der Waals surface area contributed by atoms with Gasteiger partial charge >= 0.3 is 0 Å². The van der Waals surface area contributed by atoms with E-state index in [1.54, 1.807) is 6.07 Å². The minimum atomic E-state index is -0.292. The number of nitrogens with one attached hydrogen (secondary N) is 1. The number of nitrogens with zero attached hydrogens (tertiary/aromatic N) is 3. The van der Waals surface area contributed by atoms with Crippen molar-refractivity contribution in [2.24, 2.45) is 5.73 Å². The number of H-pyrrole nitrogens is 1. The number of imidazole rings is 1. The second kappa shape index (κ2) is 7.98. The molecule has 0 fully saturated rings. The van der Waals surface area contributed by atoms with Crippen LogP contribution in [0, 0.1) is 0 Å². The van der Waals surface area contributed by atoms with Gasteiger partial charge in [-0.1, -0.05) is 18.2 Å². The molecular formula is C21H27N5. The number of hydrogen-bond acceptors (Lipinski definition) is 4. The van der Waals surface area contributed by atoms with E-state index < -0.39 is 0 Å². The summed E-state index contributed by atoms with van der Waals surface area (Å²) in [7, 11) is 0. The zero-order chi connectivity index (χ0) is 23.0. The number of hydrogen-bond donors (Lipinski definition) is 2.